The Labute approximate surface area is 433 Å². The molecule has 3 heterocycles. The highest BCUT2D eigenvalue weighted by molar-refractivity contribution is 5.96. The zero-order valence-electron chi connectivity index (χ0n) is 42.0. The lowest BCUT2D eigenvalue weighted by molar-refractivity contribution is -0.142. The molecule has 3 aromatic rings. The van der Waals surface area contributed by atoms with Crippen LogP contribution in [0.15, 0.2) is 70.8 Å². The van der Waals surface area contributed by atoms with Crippen molar-refractivity contribution in [3.8, 4) is 0 Å². The van der Waals surface area contributed by atoms with Crippen LogP contribution in [0.5, 0.6) is 0 Å². The second-order valence-electron chi connectivity index (χ2n) is 18.7. The highest BCUT2D eigenvalue weighted by atomic mass is 16.3. The minimum absolute atomic E-state index is 0.00296. The lowest BCUT2D eigenvalue weighted by atomic mass is 10.0. The van der Waals surface area contributed by atoms with Crippen LogP contribution in [-0.2, 0) is 51.2 Å². The summed E-state index contributed by atoms with van der Waals surface area (Å²) in [6, 6.07) is 7.01. The molecule has 2 aliphatic heterocycles. The smallest absolute Gasteiger partial charge is 0.245 e. The molecule has 26 heteroatoms. The Hall–Kier alpha value is -7.84. The quantitative estimate of drug-likeness (QED) is 0.0369. The summed E-state index contributed by atoms with van der Waals surface area (Å²) in [7, 11) is 0. The molecular formula is C49H72N16O10. The van der Waals surface area contributed by atoms with Gasteiger partial charge in [-0.2, -0.15) is 0 Å². The van der Waals surface area contributed by atoms with Crippen molar-refractivity contribution in [2.45, 2.75) is 132 Å². The van der Waals surface area contributed by atoms with Gasteiger partial charge in [-0.3, -0.25) is 53.7 Å². The maximum absolute atomic E-state index is 14.7. The second kappa shape index (κ2) is 28.6. The number of carbonyl (C=O) groups is 8. The number of fused-ring (bicyclic) bond motifs is 2. The van der Waals surface area contributed by atoms with Gasteiger partial charge in [0.25, 0.3) is 0 Å². The number of hydrogen-bond donors (Lipinski definition) is 15. The minimum Gasteiger partial charge on any atom is -0.391 e. The van der Waals surface area contributed by atoms with E-state index in [0.29, 0.717) is 11.1 Å². The van der Waals surface area contributed by atoms with Crippen LogP contribution in [0.4, 0.5) is 0 Å². The van der Waals surface area contributed by atoms with Crippen LogP contribution in [-0.4, -0.2) is 160 Å². The van der Waals surface area contributed by atoms with Gasteiger partial charge in [-0.15, -0.1) is 0 Å². The Morgan fingerprint density at radius 1 is 0.813 bits per heavy atom. The average Bonchev–Trinajstić information content (AvgIpc) is 3.97. The third kappa shape index (κ3) is 18.3. The van der Waals surface area contributed by atoms with E-state index < -0.39 is 102 Å². The molecule has 1 aromatic heterocycles. The van der Waals surface area contributed by atoms with Crippen molar-refractivity contribution in [1.29, 1.82) is 0 Å². The zero-order chi connectivity index (χ0) is 54.6. The summed E-state index contributed by atoms with van der Waals surface area (Å²) in [5.74, 6) is -6.22. The van der Waals surface area contributed by atoms with E-state index in [1.807, 2.05) is 24.3 Å². The molecular weight excluding hydrogens is 973 g/mol. The van der Waals surface area contributed by atoms with Crippen LogP contribution in [0.3, 0.4) is 0 Å². The number of nitrogens with one attached hydrogen (secondary N) is 8. The molecule has 1 unspecified atom stereocenters. The summed E-state index contributed by atoms with van der Waals surface area (Å²) in [5, 5.41) is 43.0. The molecule has 408 valence electrons. The number of benzene rings is 2. The van der Waals surface area contributed by atoms with Crippen molar-refractivity contribution in [3.05, 3.63) is 71.9 Å². The van der Waals surface area contributed by atoms with Crippen LogP contribution in [0, 0.1) is 0 Å². The maximum Gasteiger partial charge on any atom is 0.245 e. The molecule has 2 saturated heterocycles. The zero-order valence-corrected chi connectivity index (χ0v) is 42.0. The molecule has 20 N–H and O–H groups in total. The summed E-state index contributed by atoms with van der Waals surface area (Å²) in [5.41, 5.74) is 29.9. The number of nitrogens with two attached hydrogens (primary N) is 5. The molecule has 2 aliphatic rings. The van der Waals surface area contributed by atoms with Gasteiger partial charge in [-0.1, -0.05) is 48.5 Å². The van der Waals surface area contributed by atoms with Gasteiger partial charge < -0.3 is 80.7 Å². The number of primary amides is 1. The van der Waals surface area contributed by atoms with E-state index in [-0.39, 0.29) is 109 Å². The predicted molar refractivity (Wildman–Crippen MR) is 277 cm³/mol. The number of aliphatic imine (C=N–C) groups is 2. The third-order valence-electron chi connectivity index (χ3n) is 12.8. The molecule has 0 radical (unpaired) electrons. The molecule has 9 atom stereocenters. The van der Waals surface area contributed by atoms with Gasteiger partial charge in [0.1, 0.15) is 36.4 Å². The van der Waals surface area contributed by atoms with Crippen LogP contribution in [0.25, 0.3) is 10.9 Å². The van der Waals surface area contributed by atoms with E-state index in [1.165, 1.54) is 6.92 Å². The Morgan fingerprint density at radius 3 is 2.19 bits per heavy atom. The lowest BCUT2D eigenvalue weighted by Crippen LogP contribution is -2.61. The molecule has 2 aromatic carbocycles. The molecule has 0 aliphatic carbocycles. The number of guanidine groups is 2. The van der Waals surface area contributed by atoms with Crippen molar-refractivity contribution >= 4 is 70.1 Å². The highest BCUT2D eigenvalue weighted by Gasteiger charge is 2.43. The molecule has 8 amide bonds. The van der Waals surface area contributed by atoms with Gasteiger partial charge in [0.2, 0.25) is 47.3 Å². The molecule has 75 heavy (non-hydrogen) atoms. The molecule has 5 rings (SSSR count). The average molecular weight is 1050 g/mol. The van der Waals surface area contributed by atoms with Gasteiger partial charge in [0, 0.05) is 69.5 Å². The number of aliphatic hydroxyl groups is 2. The van der Waals surface area contributed by atoms with Crippen LogP contribution >= 0.6 is 0 Å². The summed E-state index contributed by atoms with van der Waals surface area (Å²) in [6.45, 7) is 0.956. The molecule has 0 saturated carbocycles. The van der Waals surface area contributed by atoms with Gasteiger partial charge >= 0.3 is 0 Å². The van der Waals surface area contributed by atoms with Crippen LogP contribution in [0.2, 0.25) is 0 Å². The molecule has 0 spiro atoms. The number of rotatable bonds is 16. The van der Waals surface area contributed by atoms with Crippen molar-refractivity contribution < 1.29 is 48.6 Å². The largest absolute Gasteiger partial charge is 0.391 e. The standard InChI is InChI=1S/C49H72N16O10/c1-27(66)59-34(15-8-19-56-48(51)52)42(70)62-36-14-7-17-40(68)55-21-18-33(41(50)69)60-45(73)38(23-29-25-58-32-13-6-5-12-31(29)32)63-43(71)35(16-9-20-57-49(53)54)61-44(72)37(22-28-10-3-2-4-11-28)64-46(74)39-24-30(67)26-65(39)47(36)75/h2-6,10-13,25,30,33-39,43,58,63,67,71H,7-9,14-24,26H2,1H3,(H2,50,69)(H,55,68)(H,59,66)(H,60,73)(H,61,72)(H,62,70)(H,64,74)(H4,51,52,56)(H4,53,54,57)/t30-,33+,34+,35+,36+,37-,38+,39+,43?/m1/s1. The minimum atomic E-state index is -1.68. The number of H-pyrrole nitrogens is 1. The van der Waals surface area contributed by atoms with Crippen molar-refractivity contribution in [2.75, 3.05) is 26.2 Å². The highest BCUT2D eigenvalue weighted by Crippen LogP contribution is 2.23. The Balaban J connectivity index is 1.52. The number of nitrogens with zero attached hydrogens (tertiary/aromatic N) is 3. The number of hydrogen-bond acceptors (Lipinski definition) is 13. The van der Waals surface area contributed by atoms with E-state index >= 15 is 0 Å². The Morgan fingerprint density at radius 2 is 1.49 bits per heavy atom. The van der Waals surface area contributed by atoms with Gasteiger partial charge in [0.05, 0.1) is 18.2 Å². The molecule has 2 fully saturated rings. The lowest BCUT2D eigenvalue weighted by Gasteiger charge is -2.32. The Bertz CT molecular complexity index is 2520. The first kappa shape index (κ1) is 58.1. The number of aliphatic hydroxyl groups excluding tert-OH is 2. The van der Waals surface area contributed by atoms with E-state index in [4.69, 9.17) is 28.7 Å². The first-order valence-electron chi connectivity index (χ1n) is 25.0. The Kier molecular flexibility index (Phi) is 22.1. The van der Waals surface area contributed by atoms with E-state index in [9.17, 15) is 48.6 Å². The number of aromatic amines is 1. The monoisotopic (exact) mass is 1040 g/mol. The van der Waals surface area contributed by atoms with Crippen LogP contribution in [0.1, 0.15) is 75.8 Å². The number of amides is 8. The fourth-order valence-corrected chi connectivity index (χ4v) is 9.03. The normalized spacial score (nSPS) is 24.0. The van der Waals surface area contributed by atoms with Crippen molar-refractivity contribution in [1.82, 2.24) is 47.1 Å². The first-order valence-corrected chi connectivity index (χ1v) is 25.0. The summed E-state index contributed by atoms with van der Waals surface area (Å²) < 4.78 is 0. The van der Waals surface area contributed by atoms with Crippen molar-refractivity contribution in [2.24, 2.45) is 38.7 Å². The summed E-state index contributed by atoms with van der Waals surface area (Å²) in [4.78, 5) is 123. The van der Waals surface area contributed by atoms with Crippen molar-refractivity contribution in [3.63, 3.8) is 0 Å². The van der Waals surface area contributed by atoms with E-state index in [0.717, 1.165) is 15.8 Å². The maximum atomic E-state index is 14.7. The third-order valence-corrected chi connectivity index (χ3v) is 12.8. The topological polar surface area (TPSA) is 435 Å². The van der Waals surface area contributed by atoms with Gasteiger partial charge in [-0.25, -0.2) is 0 Å². The SMILES string of the molecule is CC(=O)N[C@@H](CCCN=C(N)N)C(=O)N[C@H]1CCCC(=O)NCC[C@@H](C(N)=O)NC(=O)[C@H](Cc2c[nH]c3ccccc23)NC(O)[C@H](CCCN=C(N)N)NC(=O)[C@@H](Cc2ccccc2)NC(=O)[C@@H]2C[C@@H](O)CN2C1=O. The predicted octanol–water partition coefficient (Wildman–Crippen LogP) is -4.08. The van der Waals surface area contributed by atoms with E-state index in [2.05, 4.69) is 52.2 Å². The van der Waals surface area contributed by atoms with Gasteiger partial charge in [0.15, 0.2) is 11.9 Å². The number of carbonyl (C=O) groups excluding carboxylic acids is 8. The summed E-state index contributed by atoms with van der Waals surface area (Å²) >= 11 is 0. The van der Waals surface area contributed by atoms with Gasteiger partial charge in [-0.05, 0) is 68.6 Å². The first-order chi connectivity index (χ1) is 35.8. The van der Waals surface area contributed by atoms with Crippen LogP contribution < -0.4 is 65.9 Å². The number of para-hydroxylation sites is 1. The summed E-state index contributed by atoms with van der Waals surface area (Å²) in [6.07, 6.45) is -1.48. The second-order valence-corrected chi connectivity index (χ2v) is 18.7. The molecule has 26 nitrogen and oxygen atoms in total. The fourth-order valence-electron chi connectivity index (χ4n) is 9.03. The van der Waals surface area contributed by atoms with E-state index in [1.54, 1.807) is 36.5 Å². The number of aromatic nitrogens is 1. The molecule has 0 bridgehead atoms. The fraction of sp³-hybridized carbons (Fsp3) is 0.510.